The predicted octanol–water partition coefficient (Wildman–Crippen LogP) is 2.01. The zero-order valence-corrected chi connectivity index (χ0v) is 10.4. The number of benzene rings is 2. The van der Waals surface area contributed by atoms with Crippen molar-refractivity contribution in [3.05, 3.63) is 42.5 Å². The van der Waals surface area contributed by atoms with Gasteiger partial charge in [-0.25, -0.2) is 0 Å². The van der Waals surface area contributed by atoms with Crippen LogP contribution in [0.25, 0.3) is 0 Å². The lowest BCUT2D eigenvalue weighted by Crippen LogP contribution is -2.01. The van der Waals surface area contributed by atoms with Crippen LogP contribution in [0.2, 0.25) is 0 Å². The van der Waals surface area contributed by atoms with Gasteiger partial charge in [0, 0.05) is 5.69 Å². The molecule has 0 bridgehead atoms. The van der Waals surface area contributed by atoms with Gasteiger partial charge < -0.3 is 26.0 Å². The maximum atomic E-state index is 8.66. The van der Waals surface area contributed by atoms with Gasteiger partial charge in [0.05, 0.1) is 12.3 Å². The van der Waals surface area contributed by atoms with E-state index in [0.29, 0.717) is 28.6 Å². The highest BCUT2D eigenvalue weighted by Crippen LogP contribution is 2.29. The van der Waals surface area contributed by atoms with Gasteiger partial charge in [0.25, 0.3) is 0 Å². The van der Waals surface area contributed by atoms with E-state index in [4.69, 9.17) is 26.0 Å². The van der Waals surface area contributed by atoms with Crippen molar-refractivity contribution >= 4 is 11.4 Å². The van der Waals surface area contributed by atoms with Crippen molar-refractivity contribution in [2.75, 3.05) is 24.7 Å². The lowest BCUT2D eigenvalue weighted by atomic mass is 10.2. The molecule has 100 valence electrons. The van der Waals surface area contributed by atoms with Gasteiger partial charge in [-0.1, -0.05) is 0 Å². The molecular weight excluding hydrogens is 244 g/mol. The molecule has 0 spiro atoms. The lowest BCUT2D eigenvalue weighted by molar-refractivity contribution is 0.201. The van der Waals surface area contributed by atoms with Crippen molar-refractivity contribution in [3.63, 3.8) is 0 Å². The number of aliphatic hydroxyl groups excluding tert-OH is 1. The number of ether oxygens (including phenoxy) is 2. The van der Waals surface area contributed by atoms with E-state index in [1.165, 1.54) is 0 Å². The van der Waals surface area contributed by atoms with Crippen molar-refractivity contribution < 1.29 is 14.6 Å². The van der Waals surface area contributed by atoms with Crippen molar-refractivity contribution in [1.82, 2.24) is 0 Å². The molecular formula is C14H16N2O3. The first kappa shape index (κ1) is 13.0. The molecule has 2 aromatic carbocycles. The second kappa shape index (κ2) is 5.97. The predicted molar refractivity (Wildman–Crippen MR) is 74.4 cm³/mol. The number of anilines is 2. The Morgan fingerprint density at radius 3 is 2.26 bits per heavy atom. The summed E-state index contributed by atoms with van der Waals surface area (Å²) < 4.78 is 10.9. The third-order valence-electron chi connectivity index (χ3n) is 2.45. The molecule has 0 unspecified atom stereocenters. The minimum Gasteiger partial charge on any atom is -0.491 e. The highest BCUT2D eigenvalue weighted by molar-refractivity contribution is 5.61. The Morgan fingerprint density at radius 2 is 1.63 bits per heavy atom. The van der Waals surface area contributed by atoms with Gasteiger partial charge in [-0.05, 0) is 42.5 Å². The lowest BCUT2D eigenvalue weighted by Gasteiger charge is -2.10. The summed E-state index contributed by atoms with van der Waals surface area (Å²) in [4.78, 5) is 0. The molecule has 0 aliphatic rings. The number of aliphatic hydroxyl groups is 1. The minimum absolute atomic E-state index is 0.0137. The molecule has 19 heavy (non-hydrogen) atoms. The van der Waals surface area contributed by atoms with Crippen molar-refractivity contribution in [2.45, 2.75) is 0 Å². The summed E-state index contributed by atoms with van der Waals surface area (Å²) in [5, 5.41) is 8.66. The fourth-order valence-corrected chi connectivity index (χ4v) is 1.55. The summed E-state index contributed by atoms with van der Waals surface area (Å²) in [6.45, 7) is 0.255. The largest absolute Gasteiger partial charge is 0.491 e. The minimum atomic E-state index is -0.0137. The van der Waals surface area contributed by atoms with Gasteiger partial charge in [0.2, 0.25) is 0 Å². The summed E-state index contributed by atoms with van der Waals surface area (Å²) in [6.07, 6.45) is 0. The standard InChI is InChI=1S/C14H16N2O3/c15-10-1-6-14(13(16)9-10)19-12-4-2-11(3-5-12)18-8-7-17/h1-6,9,17H,7-8,15-16H2. The van der Waals surface area contributed by atoms with E-state index in [-0.39, 0.29) is 13.2 Å². The molecule has 0 atom stereocenters. The molecule has 5 nitrogen and oxygen atoms in total. The first-order chi connectivity index (χ1) is 9.19. The van der Waals surface area contributed by atoms with Crippen LogP contribution in [0, 0.1) is 0 Å². The molecule has 0 amide bonds. The van der Waals surface area contributed by atoms with E-state index in [1.54, 1.807) is 42.5 Å². The molecule has 0 saturated carbocycles. The molecule has 2 aromatic rings. The topological polar surface area (TPSA) is 90.7 Å². The highest BCUT2D eigenvalue weighted by Gasteiger charge is 2.03. The van der Waals surface area contributed by atoms with E-state index < -0.39 is 0 Å². The normalized spacial score (nSPS) is 10.2. The zero-order chi connectivity index (χ0) is 13.7. The van der Waals surface area contributed by atoms with Gasteiger partial charge in [0.15, 0.2) is 0 Å². The summed E-state index contributed by atoms with van der Waals surface area (Å²) >= 11 is 0. The zero-order valence-electron chi connectivity index (χ0n) is 10.4. The van der Waals surface area contributed by atoms with Gasteiger partial charge in [-0.3, -0.25) is 0 Å². The van der Waals surface area contributed by atoms with Gasteiger partial charge in [0.1, 0.15) is 23.9 Å². The molecule has 0 aromatic heterocycles. The van der Waals surface area contributed by atoms with E-state index in [1.807, 2.05) is 0 Å². The molecule has 0 aliphatic heterocycles. The fourth-order valence-electron chi connectivity index (χ4n) is 1.55. The van der Waals surface area contributed by atoms with Crippen LogP contribution in [-0.4, -0.2) is 18.3 Å². The molecule has 0 aliphatic carbocycles. The molecule has 0 saturated heterocycles. The maximum absolute atomic E-state index is 8.66. The molecule has 0 heterocycles. The monoisotopic (exact) mass is 260 g/mol. The average Bonchev–Trinajstić information content (AvgIpc) is 2.41. The van der Waals surface area contributed by atoms with Crippen LogP contribution in [0.15, 0.2) is 42.5 Å². The van der Waals surface area contributed by atoms with Gasteiger partial charge in [-0.2, -0.15) is 0 Å². The molecule has 0 radical (unpaired) electrons. The molecule has 2 rings (SSSR count). The number of nitrogens with two attached hydrogens (primary N) is 2. The first-order valence-electron chi connectivity index (χ1n) is 5.85. The van der Waals surface area contributed by atoms with E-state index >= 15 is 0 Å². The van der Waals surface area contributed by atoms with Crippen LogP contribution in [0.1, 0.15) is 0 Å². The van der Waals surface area contributed by atoms with E-state index in [0.717, 1.165) is 0 Å². The van der Waals surface area contributed by atoms with Crippen molar-refractivity contribution in [1.29, 1.82) is 0 Å². The Hall–Kier alpha value is -2.40. The van der Waals surface area contributed by atoms with Gasteiger partial charge in [-0.15, -0.1) is 0 Å². The van der Waals surface area contributed by atoms with Crippen LogP contribution in [-0.2, 0) is 0 Å². The Balaban J connectivity index is 2.06. The number of hydrogen-bond donors (Lipinski definition) is 3. The number of rotatable bonds is 5. The molecule has 5 heteroatoms. The van der Waals surface area contributed by atoms with E-state index in [9.17, 15) is 0 Å². The second-order valence-corrected chi connectivity index (χ2v) is 3.94. The van der Waals surface area contributed by atoms with Crippen molar-refractivity contribution in [3.8, 4) is 17.2 Å². The summed E-state index contributed by atoms with van der Waals surface area (Å²) in [5.41, 5.74) is 12.5. The smallest absolute Gasteiger partial charge is 0.150 e. The van der Waals surface area contributed by atoms with Crippen LogP contribution in [0.3, 0.4) is 0 Å². The van der Waals surface area contributed by atoms with Crippen LogP contribution in [0.4, 0.5) is 11.4 Å². The molecule has 5 N–H and O–H groups in total. The van der Waals surface area contributed by atoms with Crippen LogP contribution >= 0.6 is 0 Å². The average molecular weight is 260 g/mol. The Kier molecular flexibility index (Phi) is 4.10. The quantitative estimate of drug-likeness (QED) is 0.715. The second-order valence-electron chi connectivity index (χ2n) is 3.94. The summed E-state index contributed by atoms with van der Waals surface area (Å²) in [7, 11) is 0. The number of nitrogen functional groups attached to an aromatic ring is 2. The van der Waals surface area contributed by atoms with Crippen LogP contribution in [0.5, 0.6) is 17.2 Å². The fraction of sp³-hybridized carbons (Fsp3) is 0.143. The summed E-state index contributed by atoms with van der Waals surface area (Å²) in [5.74, 6) is 1.87. The first-order valence-corrected chi connectivity index (χ1v) is 5.85. The Morgan fingerprint density at radius 1 is 0.947 bits per heavy atom. The Bertz CT molecular complexity index is 541. The maximum Gasteiger partial charge on any atom is 0.150 e. The van der Waals surface area contributed by atoms with E-state index in [2.05, 4.69) is 0 Å². The highest BCUT2D eigenvalue weighted by atomic mass is 16.5. The SMILES string of the molecule is Nc1ccc(Oc2ccc(OCCO)cc2)c(N)c1. The van der Waals surface area contributed by atoms with Crippen LogP contribution < -0.4 is 20.9 Å². The van der Waals surface area contributed by atoms with Gasteiger partial charge >= 0.3 is 0 Å². The summed E-state index contributed by atoms with van der Waals surface area (Å²) in [6, 6.07) is 12.2. The van der Waals surface area contributed by atoms with Crippen molar-refractivity contribution in [2.24, 2.45) is 0 Å². The Labute approximate surface area is 111 Å². The molecule has 0 fully saturated rings. The third kappa shape index (κ3) is 3.53. The third-order valence-corrected chi connectivity index (χ3v) is 2.45. The number of hydrogen-bond acceptors (Lipinski definition) is 5.